The lowest BCUT2D eigenvalue weighted by atomic mass is 9.94. The zero-order valence-electron chi connectivity index (χ0n) is 8.50. The molecule has 0 heterocycles. The number of amides is 1. The molecule has 1 aliphatic rings. The highest BCUT2D eigenvalue weighted by Gasteiger charge is 2.36. The molecule has 1 saturated carbocycles. The van der Waals surface area contributed by atoms with Crippen LogP contribution in [-0.4, -0.2) is 23.4 Å². The van der Waals surface area contributed by atoms with Crippen molar-refractivity contribution in [2.24, 2.45) is 5.41 Å². The molecule has 0 saturated heterocycles. The number of carbonyl (C=O) groups is 1. The third kappa shape index (κ3) is 2.45. The van der Waals surface area contributed by atoms with Crippen LogP contribution in [0.15, 0.2) is 0 Å². The fraction of sp³-hybridized carbons (Fsp3) is 0.800. The lowest BCUT2D eigenvalue weighted by Gasteiger charge is -2.27. The van der Waals surface area contributed by atoms with E-state index in [-0.39, 0.29) is 17.9 Å². The van der Waals surface area contributed by atoms with Crippen molar-refractivity contribution in [3.8, 4) is 6.07 Å². The summed E-state index contributed by atoms with van der Waals surface area (Å²) in [5.41, 5.74) is -0.362. The highest BCUT2D eigenvalue weighted by Crippen LogP contribution is 2.30. The molecule has 72 valence electrons. The number of carbonyl (C=O) groups excluding carboxylic acids is 1. The number of hydrogen-bond donors (Lipinski definition) is 0. The van der Waals surface area contributed by atoms with Crippen molar-refractivity contribution < 1.29 is 4.79 Å². The summed E-state index contributed by atoms with van der Waals surface area (Å²) in [7, 11) is 0. The SMILES string of the molecule is CC(C)(C)C(=O)N(CC#N)C1CC1. The Morgan fingerprint density at radius 2 is 2.08 bits per heavy atom. The van der Waals surface area contributed by atoms with Gasteiger partial charge in [-0.05, 0) is 12.8 Å². The molecule has 1 rings (SSSR count). The Morgan fingerprint density at radius 1 is 1.54 bits per heavy atom. The molecule has 13 heavy (non-hydrogen) atoms. The monoisotopic (exact) mass is 180 g/mol. The first-order chi connectivity index (χ1) is 5.96. The number of rotatable bonds is 2. The molecule has 0 aromatic rings. The molecule has 3 heteroatoms. The van der Waals surface area contributed by atoms with Gasteiger partial charge in [0.2, 0.25) is 5.91 Å². The van der Waals surface area contributed by atoms with Gasteiger partial charge in [0.15, 0.2) is 0 Å². The Labute approximate surface area is 79.3 Å². The summed E-state index contributed by atoms with van der Waals surface area (Å²) in [4.78, 5) is 13.5. The van der Waals surface area contributed by atoms with Gasteiger partial charge in [0, 0.05) is 11.5 Å². The second-order valence-electron chi connectivity index (χ2n) is 4.57. The number of hydrogen-bond acceptors (Lipinski definition) is 2. The highest BCUT2D eigenvalue weighted by atomic mass is 16.2. The van der Waals surface area contributed by atoms with Gasteiger partial charge in [-0.1, -0.05) is 20.8 Å². The molecule has 1 aliphatic carbocycles. The molecule has 0 bridgehead atoms. The van der Waals surface area contributed by atoms with Crippen molar-refractivity contribution in [2.45, 2.75) is 39.7 Å². The topological polar surface area (TPSA) is 44.1 Å². The van der Waals surface area contributed by atoms with Crippen molar-refractivity contribution in [3.63, 3.8) is 0 Å². The number of nitriles is 1. The van der Waals surface area contributed by atoms with E-state index in [2.05, 4.69) is 0 Å². The lowest BCUT2D eigenvalue weighted by Crippen LogP contribution is -2.41. The fourth-order valence-corrected chi connectivity index (χ4v) is 1.26. The Kier molecular flexibility index (Phi) is 2.60. The first-order valence-electron chi connectivity index (χ1n) is 4.65. The standard InChI is InChI=1S/C10H16N2O/c1-10(2,3)9(13)12(7-6-11)8-4-5-8/h8H,4-5,7H2,1-3H3. The van der Waals surface area contributed by atoms with Gasteiger partial charge in [-0.15, -0.1) is 0 Å². The van der Waals surface area contributed by atoms with Crippen LogP contribution in [0.1, 0.15) is 33.6 Å². The molecule has 0 spiro atoms. The van der Waals surface area contributed by atoms with Crippen LogP contribution in [0.25, 0.3) is 0 Å². The molecule has 0 aliphatic heterocycles. The summed E-state index contributed by atoms with van der Waals surface area (Å²) >= 11 is 0. The van der Waals surface area contributed by atoms with Crippen LogP contribution >= 0.6 is 0 Å². The Balaban J connectivity index is 2.65. The largest absolute Gasteiger partial charge is 0.326 e. The van der Waals surface area contributed by atoms with Gasteiger partial charge in [-0.2, -0.15) is 5.26 Å². The quantitative estimate of drug-likeness (QED) is 0.605. The minimum absolute atomic E-state index is 0.0940. The lowest BCUT2D eigenvalue weighted by molar-refractivity contribution is -0.139. The van der Waals surface area contributed by atoms with Gasteiger partial charge in [-0.25, -0.2) is 0 Å². The summed E-state index contributed by atoms with van der Waals surface area (Å²) in [5, 5.41) is 8.58. The Hall–Kier alpha value is -1.04. The van der Waals surface area contributed by atoms with E-state index in [9.17, 15) is 4.79 Å². The second-order valence-corrected chi connectivity index (χ2v) is 4.57. The third-order valence-electron chi connectivity index (χ3n) is 2.13. The minimum atomic E-state index is -0.362. The summed E-state index contributed by atoms with van der Waals surface area (Å²) in [6.07, 6.45) is 2.12. The molecule has 0 radical (unpaired) electrons. The van der Waals surface area contributed by atoms with Gasteiger partial charge in [0.25, 0.3) is 0 Å². The van der Waals surface area contributed by atoms with E-state index in [1.165, 1.54) is 0 Å². The molecule has 0 unspecified atom stereocenters. The molecular weight excluding hydrogens is 164 g/mol. The van der Waals surface area contributed by atoms with Crippen LogP contribution in [0.2, 0.25) is 0 Å². The van der Waals surface area contributed by atoms with Crippen molar-refractivity contribution >= 4 is 5.91 Å². The zero-order valence-corrected chi connectivity index (χ0v) is 8.50. The fourth-order valence-electron chi connectivity index (χ4n) is 1.26. The van der Waals surface area contributed by atoms with E-state index in [0.717, 1.165) is 12.8 Å². The van der Waals surface area contributed by atoms with Crippen LogP contribution < -0.4 is 0 Å². The molecule has 0 atom stereocenters. The molecule has 1 fully saturated rings. The molecule has 3 nitrogen and oxygen atoms in total. The first-order valence-corrected chi connectivity index (χ1v) is 4.65. The first kappa shape index (κ1) is 10.0. The van der Waals surface area contributed by atoms with Crippen LogP contribution in [0.3, 0.4) is 0 Å². The molecule has 0 N–H and O–H groups in total. The van der Waals surface area contributed by atoms with Gasteiger partial charge >= 0.3 is 0 Å². The van der Waals surface area contributed by atoms with E-state index < -0.39 is 0 Å². The van der Waals surface area contributed by atoms with E-state index >= 15 is 0 Å². The van der Waals surface area contributed by atoms with E-state index in [4.69, 9.17) is 5.26 Å². The highest BCUT2D eigenvalue weighted by molar-refractivity contribution is 5.82. The maximum absolute atomic E-state index is 11.8. The summed E-state index contributed by atoms with van der Waals surface area (Å²) in [6, 6.07) is 2.39. The second kappa shape index (κ2) is 3.37. The van der Waals surface area contributed by atoms with Crippen molar-refractivity contribution in [2.75, 3.05) is 6.54 Å². The van der Waals surface area contributed by atoms with Gasteiger partial charge < -0.3 is 4.90 Å². The maximum Gasteiger partial charge on any atom is 0.229 e. The predicted molar refractivity (Wildman–Crippen MR) is 49.8 cm³/mol. The molecular formula is C10H16N2O. The smallest absolute Gasteiger partial charge is 0.229 e. The summed E-state index contributed by atoms with van der Waals surface area (Å²) < 4.78 is 0. The third-order valence-corrected chi connectivity index (χ3v) is 2.13. The van der Waals surface area contributed by atoms with Crippen molar-refractivity contribution in [3.05, 3.63) is 0 Å². The minimum Gasteiger partial charge on any atom is -0.326 e. The summed E-state index contributed by atoms with van der Waals surface area (Å²) in [5.74, 6) is 0.0940. The number of nitrogens with zero attached hydrogens (tertiary/aromatic N) is 2. The normalized spacial score (nSPS) is 16.5. The molecule has 0 aromatic heterocycles. The van der Waals surface area contributed by atoms with E-state index in [1.54, 1.807) is 4.90 Å². The average Bonchev–Trinajstić information content (AvgIpc) is 2.79. The Bertz CT molecular complexity index is 243. The molecule has 1 amide bonds. The van der Waals surface area contributed by atoms with Crippen LogP contribution in [0.5, 0.6) is 0 Å². The van der Waals surface area contributed by atoms with E-state index in [1.807, 2.05) is 26.8 Å². The van der Waals surface area contributed by atoms with Crippen LogP contribution in [0, 0.1) is 16.7 Å². The average molecular weight is 180 g/mol. The zero-order chi connectivity index (χ0) is 10.1. The maximum atomic E-state index is 11.8. The van der Waals surface area contributed by atoms with E-state index in [0.29, 0.717) is 6.04 Å². The summed E-state index contributed by atoms with van der Waals surface area (Å²) in [6.45, 7) is 5.91. The Morgan fingerprint density at radius 3 is 2.38 bits per heavy atom. The van der Waals surface area contributed by atoms with Gasteiger partial charge in [0.05, 0.1) is 6.07 Å². The van der Waals surface area contributed by atoms with Gasteiger partial charge in [-0.3, -0.25) is 4.79 Å². The van der Waals surface area contributed by atoms with Crippen molar-refractivity contribution in [1.29, 1.82) is 5.26 Å². The van der Waals surface area contributed by atoms with Crippen molar-refractivity contribution in [1.82, 2.24) is 4.90 Å². The van der Waals surface area contributed by atoms with Crippen LogP contribution in [-0.2, 0) is 4.79 Å². The van der Waals surface area contributed by atoms with Gasteiger partial charge in [0.1, 0.15) is 6.54 Å². The predicted octanol–water partition coefficient (Wildman–Crippen LogP) is 1.55. The van der Waals surface area contributed by atoms with Crippen LogP contribution in [0.4, 0.5) is 0 Å². The molecule has 0 aromatic carbocycles.